The predicted octanol–water partition coefficient (Wildman–Crippen LogP) is 1.13. The summed E-state index contributed by atoms with van der Waals surface area (Å²) in [5.74, 6) is -0.300. The van der Waals surface area contributed by atoms with E-state index in [2.05, 4.69) is 10.3 Å². The topological polar surface area (TPSA) is 38.6 Å². The summed E-state index contributed by atoms with van der Waals surface area (Å²) in [7, 11) is 0. The number of rotatable bonds is 1. The van der Waals surface area contributed by atoms with Gasteiger partial charge in [-0.2, -0.15) is 0 Å². The first kappa shape index (κ1) is 9.74. The zero-order valence-corrected chi connectivity index (χ0v) is 8.69. The van der Waals surface area contributed by atoms with Crippen LogP contribution in [0.25, 0.3) is 5.65 Å². The number of hydrogen-bond donors (Lipinski definition) is 1. The Balaban J connectivity index is 2.01. The van der Waals surface area contributed by atoms with Crippen LogP contribution in [0.15, 0.2) is 24.5 Å². The summed E-state index contributed by atoms with van der Waals surface area (Å²) in [4.78, 5) is 4.28. The molecule has 2 aromatic heterocycles. The molecule has 1 aliphatic heterocycles. The monoisotopic (exact) mass is 221 g/mol. The lowest BCUT2D eigenvalue weighted by molar-refractivity contribution is 0.0758. The number of aromatic nitrogens is 2. The number of nitrogens with zero attached hydrogens (tertiary/aromatic N) is 2. The molecule has 1 N–H and O–H groups in total. The Hall–Kier alpha value is -1.46. The molecule has 0 bridgehead atoms. The molecule has 0 amide bonds. The van der Waals surface area contributed by atoms with E-state index in [4.69, 9.17) is 4.74 Å². The van der Waals surface area contributed by atoms with Crippen molar-refractivity contribution in [3.63, 3.8) is 0 Å². The summed E-state index contributed by atoms with van der Waals surface area (Å²) in [6, 6.07) is 3.14. The molecule has 0 saturated carbocycles. The number of fused-ring (bicyclic) bond motifs is 1. The summed E-state index contributed by atoms with van der Waals surface area (Å²) in [6.45, 7) is 2.12. The molecule has 1 atom stereocenters. The smallest absolute Gasteiger partial charge is 0.173 e. The second-order valence-corrected chi connectivity index (χ2v) is 3.83. The van der Waals surface area contributed by atoms with Crippen LogP contribution in [-0.2, 0) is 4.74 Å². The highest BCUT2D eigenvalue weighted by Crippen LogP contribution is 2.17. The number of pyridine rings is 1. The van der Waals surface area contributed by atoms with Gasteiger partial charge in [-0.15, -0.1) is 0 Å². The summed E-state index contributed by atoms with van der Waals surface area (Å²) in [5, 5.41) is 3.29. The minimum atomic E-state index is -0.300. The zero-order chi connectivity index (χ0) is 11.0. The first-order valence-corrected chi connectivity index (χ1v) is 5.29. The average Bonchev–Trinajstić information content (AvgIpc) is 2.76. The van der Waals surface area contributed by atoms with E-state index in [-0.39, 0.29) is 11.9 Å². The molecule has 0 spiro atoms. The molecule has 0 aromatic carbocycles. The molecule has 1 fully saturated rings. The van der Waals surface area contributed by atoms with Gasteiger partial charge >= 0.3 is 0 Å². The number of morpholine rings is 1. The Bertz CT molecular complexity index is 505. The fraction of sp³-hybridized carbons (Fsp3) is 0.364. The highest BCUT2D eigenvalue weighted by atomic mass is 19.1. The zero-order valence-electron chi connectivity index (χ0n) is 8.69. The van der Waals surface area contributed by atoms with Crippen molar-refractivity contribution in [1.82, 2.24) is 14.7 Å². The van der Waals surface area contributed by atoms with Crippen molar-refractivity contribution in [3.8, 4) is 0 Å². The van der Waals surface area contributed by atoms with Crippen molar-refractivity contribution in [2.75, 3.05) is 19.8 Å². The van der Waals surface area contributed by atoms with Crippen LogP contribution < -0.4 is 5.32 Å². The third kappa shape index (κ3) is 1.58. The summed E-state index contributed by atoms with van der Waals surface area (Å²) in [6.07, 6.45) is 3.63. The molecule has 4 nitrogen and oxygen atoms in total. The van der Waals surface area contributed by atoms with Crippen LogP contribution in [0.2, 0.25) is 0 Å². The summed E-state index contributed by atoms with van der Waals surface area (Å²) in [5.41, 5.74) is 1.19. The Morgan fingerprint density at radius 2 is 2.50 bits per heavy atom. The van der Waals surface area contributed by atoms with E-state index in [1.54, 1.807) is 16.7 Å². The van der Waals surface area contributed by atoms with E-state index in [1.165, 1.54) is 6.07 Å². The van der Waals surface area contributed by atoms with Crippen LogP contribution in [-0.4, -0.2) is 29.1 Å². The number of imidazole rings is 1. The van der Waals surface area contributed by atoms with Crippen LogP contribution in [0.4, 0.5) is 4.39 Å². The molecule has 1 aliphatic rings. The van der Waals surface area contributed by atoms with Crippen LogP contribution in [0.5, 0.6) is 0 Å². The second kappa shape index (κ2) is 3.84. The average molecular weight is 221 g/mol. The van der Waals surface area contributed by atoms with Crippen LogP contribution in [0, 0.1) is 5.82 Å². The van der Waals surface area contributed by atoms with Gasteiger partial charge in [-0.1, -0.05) is 0 Å². The minimum absolute atomic E-state index is 0.0630. The summed E-state index contributed by atoms with van der Waals surface area (Å²) < 4.78 is 20.5. The maximum absolute atomic E-state index is 13.4. The molecular weight excluding hydrogens is 209 g/mol. The van der Waals surface area contributed by atoms with E-state index in [0.29, 0.717) is 12.3 Å². The van der Waals surface area contributed by atoms with Gasteiger partial charge < -0.3 is 14.5 Å². The Kier molecular flexibility index (Phi) is 2.34. The number of nitrogens with one attached hydrogen (secondary N) is 1. The van der Waals surface area contributed by atoms with E-state index in [1.807, 2.05) is 6.20 Å². The largest absolute Gasteiger partial charge is 0.378 e. The van der Waals surface area contributed by atoms with Crippen molar-refractivity contribution in [2.24, 2.45) is 0 Å². The van der Waals surface area contributed by atoms with E-state index in [0.717, 1.165) is 18.8 Å². The van der Waals surface area contributed by atoms with Gasteiger partial charge in [0, 0.05) is 18.9 Å². The van der Waals surface area contributed by atoms with Gasteiger partial charge in [-0.25, -0.2) is 9.37 Å². The first-order valence-electron chi connectivity index (χ1n) is 5.29. The van der Waals surface area contributed by atoms with Crippen LogP contribution in [0.1, 0.15) is 11.7 Å². The normalized spacial score (nSPS) is 21.4. The highest BCUT2D eigenvalue weighted by Gasteiger charge is 2.18. The lowest BCUT2D eigenvalue weighted by atomic mass is 10.2. The maximum Gasteiger partial charge on any atom is 0.173 e. The summed E-state index contributed by atoms with van der Waals surface area (Å²) >= 11 is 0. The molecule has 3 heterocycles. The Morgan fingerprint density at radius 1 is 1.56 bits per heavy atom. The number of hydrogen-bond acceptors (Lipinski definition) is 3. The fourth-order valence-electron chi connectivity index (χ4n) is 1.92. The van der Waals surface area contributed by atoms with E-state index in [9.17, 15) is 4.39 Å². The molecule has 5 heteroatoms. The van der Waals surface area contributed by atoms with Crippen LogP contribution in [0.3, 0.4) is 0 Å². The van der Waals surface area contributed by atoms with Crippen molar-refractivity contribution in [2.45, 2.75) is 6.04 Å². The van der Waals surface area contributed by atoms with Crippen molar-refractivity contribution >= 4 is 5.65 Å². The SMILES string of the molecule is Fc1cccn2cc(C3COCCN3)nc12. The molecule has 0 aliphatic carbocycles. The number of ether oxygens (including phenoxy) is 1. The van der Waals surface area contributed by atoms with E-state index >= 15 is 0 Å². The maximum atomic E-state index is 13.4. The van der Waals surface area contributed by atoms with Gasteiger partial charge in [-0.3, -0.25) is 0 Å². The van der Waals surface area contributed by atoms with Crippen molar-refractivity contribution < 1.29 is 9.13 Å². The molecule has 2 aromatic rings. The molecule has 0 radical (unpaired) electrons. The third-order valence-electron chi connectivity index (χ3n) is 2.73. The van der Waals surface area contributed by atoms with Gasteiger partial charge in [0.2, 0.25) is 0 Å². The van der Waals surface area contributed by atoms with E-state index < -0.39 is 0 Å². The van der Waals surface area contributed by atoms with Crippen molar-refractivity contribution in [1.29, 1.82) is 0 Å². The lowest BCUT2D eigenvalue weighted by Crippen LogP contribution is -2.34. The molecule has 1 unspecified atom stereocenters. The quantitative estimate of drug-likeness (QED) is 0.784. The van der Waals surface area contributed by atoms with Gasteiger partial charge in [0.15, 0.2) is 11.5 Å². The van der Waals surface area contributed by atoms with Gasteiger partial charge in [0.1, 0.15) is 0 Å². The Labute approximate surface area is 92.1 Å². The molecule has 16 heavy (non-hydrogen) atoms. The fourth-order valence-corrected chi connectivity index (χ4v) is 1.92. The second-order valence-electron chi connectivity index (χ2n) is 3.83. The van der Waals surface area contributed by atoms with Crippen LogP contribution >= 0.6 is 0 Å². The first-order chi connectivity index (χ1) is 7.84. The molecule has 3 rings (SSSR count). The molecule has 84 valence electrons. The Morgan fingerprint density at radius 3 is 3.25 bits per heavy atom. The lowest BCUT2D eigenvalue weighted by Gasteiger charge is -2.21. The number of halogens is 1. The third-order valence-corrected chi connectivity index (χ3v) is 2.73. The molecular formula is C11H12FN3O. The minimum Gasteiger partial charge on any atom is -0.378 e. The predicted molar refractivity (Wildman–Crippen MR) is 56.7 cm³/mol. The van der Waals surface area contributed by atoms with Gasteiger partial charge in [0.25, 0.3) is 0 Å². The molecule has 1 saturated heterocycles. The highest BCUT2D eigenvalue weighted by molar-refractivity contribution is 5.42. The standard InChI is InChI=1S/C11H12FN3O/c12-8-2-1-4-15-6-9(14-11(8)15)10-7-16-5-3-13-10/h1-2,4,6,10,13H,3,5,7H2. The van der Waals surface area contributed by atoms with Gasteiger partial charge in [-0.05, 0) is 12.1 Å². The van der Waals surface area contributed by atoms with Gasteiger partial charge in [0.05, 0.1) is 24.9 Å². The van der Waals surface area contributed by atoms with Crippen molar-refractivity contribution in [3.05, 3.63) is 36.0 Å².